The van der Waals surface area contributed by atoms with Crippen LogP contribution in [-0.4, -0.2) is 56.3 Å². The summed E-state index contributed by atoms with van der Waals surface area (Å²) in [6.45, 7) is 11.1. The molecule has 2 heterocycles. The highest BCUT2D eigenvalue weighted by molar-refractivity contribution is 7.89. The van der Waals surface area contributed by atoms with Crippen LogP contribution in [0.5, 0.6) is 0 Å². The summed E-state index contributed by atoms with van der Waals surface area (Å²) >= 11 is 1.71. The summed E-state index contributed by atoms with van der Waals surface area (Å²) in [4.78, 5) is 17.0. The molecule has 1 atom stereocenters. The van der Waals surface area contributed by atoms with Gasteiger partial charge in [-0.3, -0.25) is 9.69 Å². The quantitative estimate of drug-likeness (QED) is 0.585. The van der Waals surface area contributed by atoms with E-state index in [-0.39, 0.29) is 16.8 Å². The van der Waals surface area contributed by atoms with Gasteiger partial charge < -0.3 is 5.32 Å². The van der Waals surface area contributed by atoms with Gasteiger partial charge in [0.15, 0.2) is 0 Å². The lowest BCUT2D eigenvalue weighted by Crippen LogP contribution is -2.41. The Labute approximate surface area is 196 Å². The first-order valence-corrected chi connectivity index (χ1v) is 13.8. The van der Waals surface area contributed by atoms with E-state index in [2.05, 4.69) is 28.6 Å². The summed E-state index contributed by atoms with van der Waals surface area (Å²) < 4.78 is 27.3. The Kier molecular flexibility index (Phi) is 8.49. The summed E-state index contributed by atoms with van der Waals surface area (Å²) in [6.07, 6.45) is 2.33. The summed E-state index contributed by atoms with van der Waals surface area (Å²) in [5, 5.41) is 5.16. The largest absolute Gasteiger partial charge is 0.350 e. The monoisotopic (exact) mass is 477 g/mol. The number of thiophene rings is 1. The molecule has 1 unspecified atom stereocenters. The highest BCUT2D eigenvalue weighted by Gasteiger charge is 2.27. The van der Waals surface area contributed by atoms with E-state index in [4.69, 9.17) is 0 Å². The molecule has 1 amide bonds. The number of carbonyl (C=O) groups excluding carboxylic acids is 1. The molecule has 176 valence electrons. The van der Waals surface area contributed by atoms with E-state index in [1.165, 1.54) is 28.1 Å². The van der Waals surface area contributed by atoms with Crippen molar-refractivity contribution in [1.29, 1.82) is 0 Å². The molecule has 1 aromatic heterocycles. The van der Waals surface area contributed by atoms with Crippen molar-refractivity contribution in [2.75, 3.05) is 32.7 Å². The molecule has 1 fully saturated rings. The molecular formula is C24H35N3O3S2. The van der Waals surface area contributed by atoms with Crippen LogP contribution in [0, 0.1) is 12.8 Å². The van der Waals surface area contributed by atoms with Crippen LogP contribution in [0.2, 0.25) is 0 Å². The molecule has 1 aromatic carbocycles. The zero-order valence-corrected chi connectivity index (χ0v) is 21.1. The highest BCUT2D eigenvalue weighted by atomic mass is 32.2. The minimum Gasteiger partial charge on any atom is -0.350 e. The predicted molar refractivity (Wildman–Crippen MR) is 131 cm³/mol. The smallest absolute Gasteiger partial charge is 0.251 e. The number of nitrogens with zero attached hydrogens (tertiary/aromatic N) is 2. The summed E-state index contributed by atoms with van der Waals surface area (Å²) in [5.74, 6) is 0.508. The maximum Gasteiger partial charge on any atom is 0.251 e. The lowest BCUT2D eigenvalue weighted by Gasteiger charge is -2.36. The average molecular weight is 478 g/mol. The van der Waals surface area contributed by atoms with Gasteiger partial charge >= 0.3 is 0 Å². The van der Waals surface area contributed by atoms with Crippen molar-refractivity contribution in [2.24, 2.45) is 5.92 Å². The summed E-state index contributed by atoms with van der Waals surface area (Å²) in [5.41, 5.74) is 1.18. The number of nitrogens with one attached hydrogen (secondary N) is 1. The lowest BCUT2D eigenvalue weighted by atomic mass is 9.97. The second-order valence-corrected chi connectivity index (χ2v) is 11.4. The van der Waals surface area contributed by atoms with Gasteiger partial charge in [0.1, 0.15) is 0 Å². The average Bonchev–Trinajstić information content (AvgIpc) is 3.30. The predicted octanol–water partition coefficient (Wildman–Crippen LogP) is 4.29. The van der Waals surface area contributed by atoms with E-state index in [9.17, 15) is 13.2 Å². The van der Waals surface area contributed by atoms with Crippen LogP contribution in [0.4, 0.5) is 0 Å². The molecule has 0 bridgehead atoms. The minimum atomic E-state index is -3.62. The Hall–Kier alpha value is -1.74. The molecule has 8 heteroatoms. The second kappa shape index (κ2) is 10.9. The fourth-order valence-corrected chi connectivity index (χ4v) is 6.58. The number of hydrogen-bond donors (Lipinski definition) is 1. The topological polar surface area (TPSA) is 69.7 Å². The molecule has 0 spiro atoms. The Morgan fingerprint density at radius 1 is 1.22 bits per heavy atom. The number of sulfonamides is 1. The molecule has 2 aromatic rings. The molecule has 32 heavy (non-hydrogen) atoms. The first kappa shape index (κ1) is 24.9. The van der Waals surface area contributed by atoms with Gasteiger partial charge in [-0.05, 0) is 67.9 Å². The van der Waals surface area contributed by atoms with Gasteiger partial charge in [-0.25, -0.2) is 8.42 Å². The fourth-order valence-electron chi connectivity index (χ4n) is 4.23. The SMILES string of the molecule is CCN(CC)S(=O)(=O)c1ccc(C)c(C(=O)NCC(c2cccs2)N2CCC(C)CC2)c1. The maximum absolute atomic E-state index is 13.1. The fraction of sp³-hybridized carbons (Fsp3) is 0.542. The van der Waals surface area contributed by atoms with Crippen molar-refractivity contribution in [3.8, 4) is 0 Å². The molecule has 1 N–H and O–H groups in total. The normalized spacial score (nSPS) is 16.9. The molecule has 0 aliphatic carbocycles. The van der Waals surface area contributed by atoms with Crippen molar-refractivity contribution in [3.05, 3.63) is 51.7 Å². The Balaban J connectivity index is 1.78. The summed E-state index contributed by atoms with van der Waals surface area (Å²) in [7, 11) is -3.62. The van der Waals surface area contributed by atoms with Gasteiger partial charge in [0, 0.05) is 30.1 Å². The molecule has 0 saturated carbocycles. The lowest BCUT2D eigenvalue weighted by molar-refractivity contribution is 0.0914. The van der Waals surface area contributed by atoms with E-state index in [1.807, 2.05) is 26.8 Å². The van der Waals surface area contributed by atoms with Crippen LogP contribution >= 0.6 is 11.3 Å². The zero-order valence-electron chi connectivity index (χ0n) is 19.5. The van der Waals surface area contributed by atoms with Crippen LogP contribution in [0.3, 0.4) is 0 Å². The van der Waals surface area contributed by atoms with Crippen molar-refractivity contribution in [3.63, 3.8) is 0 Å². The molecule has 0 radical (unpaired) electrons. The first-order valence-electron chi connectivity index (χ1n) is 11.4. The Morgan fingerprint density at radius 3 is 2.50 bits per heavy atom. The summed E-state index contributed by atoms with van der Waals surface area (Å²) in [6, 6.07) is 9.13. The van der Waals surface area contributed by atoms with Crippen molar-refractivity contribution < 1.29 is 13.2 Å². The standard InChI is InChI=1S/C24H35N3O3S2/c1-5-27(6-2)32(29,30)20-10-9-19(4)21(16-20)24(28)25-17-22(23-8-7-15-31-23)26-13-11-18(3)12-14-26/h7-10,15-16,18,22H,5-6,11-14,17H2,1-4H3,(H,25,28). The van der Waals surface area contributed by atoms with Gasteiger partial charge in [-0.15, -0.1) is 11.3 Å². The Morgan fingerprint density at radius 2 is 1.91 bits per heavy atom. The number of carbonyl (C=O) groups is 1. The van der Waals surface area contributed by atoms with E-state index < -0.39 is 10.0 Å². The number of aryl methyl sites for hydroxylation is 1. The molecular weight excluding hydrogens is 442 g/mol. The number of amides is 1. The molecule has 1 aliphatic rings. The van der Waals surface area contributed by atoms with Crippen LogP contribution in [0.15, 0.2) is 40.6 Å². The highest BCUT2D eigenvalue weighted by Crippen LogP contribution is 2.29. The van der Waals surface area contributed by atoms with Crippen LogP contribution < -0.4 is 5.32 Å². The van der Waals surface area contributed by atoms with Crippen LogP contribution in [0.25, 0.3) is 0 Å². The number of hydrogen-bond acceptors (Lipinski definition) is 5. The van der Waals surface area contributed by atoms with Gasteiger partial charge in [0.2, 0.25) is 10.0 Å². The van der Waals surface area contributed by atoms with Crippen LogP contribution in [0.1, 0.15) is 60.5 Å². The van der Waals surface area contributed by atoms with Gasteiger partial charge in [-0.1, -0.05) is 32.9 Å². The number of benzene rings is 1. The molecule has 1 aliphatic heterocycles. The molecule has 6 nitrogen and oxygen atoms in total. The third-order valence-corrected chi connectivity index (χ3v) is 9.40. The Bertz CT molecular complexity index is 994. The number of piperidine rings is 1. The number of rotatable bonds is 9. The van der Waals surface area contributed by atoms with E-state index >= 15 is 0 Å². The third-order valence-electron chi connectivity index (χ3n) is 6.38. The zero-order chi connectivity index (χ0) is 23.3. The molecule has 3 rings (SSSR count). The number of likely N-dealkylation sites (tertiary alicyclic amines) is 1. The van der Waals surface area contributed by atoms with E-state index in [1.54, 1.807) is 23.5 Å². The molecule has 1 saturated heterocycles. The van der Waals surface area contributed by atoms with Gasteiger partial charge in [0.05, 0.1) is 10.9 Å². The van der Waals surface area contributed by atoms with E-state index in [0.717, 1.165) is 24.6 Å². The first-order chi connectivity index (χ1) is 15.3. The maximum atomic E-state index is 13.1. The second-order valence-electron chi connectivity index (χ2n) is 8.53. The van der Waals surface area contributed by atoms with Crippen molar-refractivity contribution in [2.45, 2.75) is 51.5 Å². The van der Waals surface area contributed by atoms with Gasteiger partial charge in [0.25, 0.3) is 5.91 Å². The van der Waals surface area contributed by atoms with Crippen LogP contribution in [-0.2, 0) is 10.0 Å². The third kappa shape index (κ3) is 5.60. The van der Waals surface area contributed by atoms with Gasteiger partial charge in [-0.2, -0.15) is 4.31 Å². The minimum absolute atomic E-state index is 0.134. The van der Waals surface area contributed by atoms with Crippen molar-refractivity contribution in [1.82, 2.24) is 14.5 Å². The van der Waals surface area contributed by atoms with E-state index in [0.29, 0.717) is 25.2 Å². The van der Waals surface area contributed by atoms with Crippen molar-refractivity contribution >= 4 is 27.3 Å².